The fourth-order valence-corrected chi connectivity index (χ4v) is 2.13. The number of rotatable bonds is 10. The van der Waals surface area contributed by atoms with Crippen molar-refractivity contribution in [2.24, 2.45) is 0 Å². The molecular formula is C17H25NO3. The first kappa shape index (κ1) is 17.7. The van der Waals surface area contributed by atoms with Gasteiger partial charge in [-0.1, -0.05) is 35.7 Å². The molecule has 1 atom stereocenters. The number of methoxy groups -OCH3 is 1. The molecule has 1 aromatic carbocycles. The van der Waals surface area contributed by atoms with E-state index in [0.717, 1.165) is 13.1 Å². The first-order valence-corrected chi connectivity index (χ1v) is 7.11. The van der Waals surface area contributed by atoms with E-state index >= 15 is 0 Å². The minimum atomic E-state index is -0.556. The van der Waals surface area contributed by atoms with Crippen molar-refractivity contribution in [2.45, 2.75) is 19.6 Å². The summed E-state index contributed by atoms with van der Waals surface area (Å²) in [5.41, 5.74) is 2.46. The van der Waals surface area contributed by atoms with Gasteiger partial charge in [-0.2, -0.15) is 0 Å². The summed E-state index contributed by atoms with van der Waals surface area (Å²) >= 11 is 0. The monoisotopic (exact) mass is 291 g/mol. The molecule has 1 aromatic rings. The highest BCUT2D eigenvalue weighted by Crippen LogP contribution is 2.08. The van der Waals surface area contributed by atoms with Crippen molar-refractivity contribution in [2.75, 3.05) is 40.0 Å². The molecule has 0 aromatic heterocycles. The average Bonchev–Trinajstić information content (AvgIpc) is 2.45. The molecule has 0 bridgehead atoms. The van der Waals surface area contributed by atoms with Crippen LogP contribution in [0.15, 0.2) is 24.3 Å². The maximum Gasteiger partial charge on any atom is 0.107 e. The van der Waals surface area contributed by atoms with Gasteiger partial charge in [-0.15, -0.1) is 6.42 Å². The highest BCUT2D eigenvalue weighted by molar-refractivity contribution is 5.22. The molecule has 4 heteroatoms. The molecular weight excluding hydrogens is 266 g/mol. The van der Waals surface area contributed by atoms with Crippen molar-refractivity contribution < 1.29 is 14.6 Å². The second-order valence-electron chi connectivity index (χ2n) is 5.09. The lowest BCUT2D eigenvalue weighted by Crippen LogP contribution is -2.36. The molecule has 0 spiro atoms. The quantitative estimate of drug-likeness (QED) is 0.523. The normalized spacial score (nSPS) is 12.3. The summed E-state index contributed by atoms with van der Waals surface area (Å²) in [4.78, 5) is 2.15. The number of terminal acetylenes is 1. The minimum Gasteiger partial charge on any atom is -0.389 e. The van der Waals surface area contributed by atoms with Crippen LogP contribution in [0.1, 0.15) is 11.1 Å². The largest absolute Gasteiger partial charge is 0.389 e. The van der Waals surface area contributed by atoms with E-state index in [2.05, 4.69) is 35.9 Å². The summed E-state index contributed by atoms with van der Waals surface area (Å²) in [5.74, 6) is 2.39. The Hall–Kier alpha value is -1.38. The fourth-order valence-electron chi connectivity index (χ4n) is 2.13. The van der Waals surface area contributed by atoms with Crippen molar-refractivity contribution in [1.82, 2.24) is 4.90 Å². The zero-order valence-corrected chi connectivity index (χ0v) is 12.9. The zero-order chi connectivity index (χ0) is 15.5. The second kappa shape index (κ2) is 10.4. The van der Waals surface area contributed by atoms with Gasteiger partial charge in [-0.05, 0) is 12.5 Å². The second-order valence-corrected chi connectivity index (χ2v) is 5.09. The lowest BCUT2D eigenvalue weighted by atomic mass is 10.1. The third-order valence-corrected chi connectivity index (χ3v) is 3.06. The molecule has 0 heterocycles. The Labute approximate surface area is 127 Å². The van der Waals surface area contributed by atoms with Crippen molar-refractivity contribution in [3.05, 3.63) is 35.4 Å². The van der Waals surface area contributed by atoms with Crippen LogP contribution in [0.25, 0.3) is 0 Å². The van der Waals surface area contributed by atoms with Gasteiger partial charge in [0.15, 0.2) is 0 Å². The highest BCUT2D eigenvalue weighted by atomic mass is 16.5. The van der Waals surface area contributed by atoms with E-state index in [4.69, 9.17) is 15.9 Å². The lowest BCUT2D eigenvalue weighted by molar-refractivity contribution is 0.0207. The molecule has 0 saturated heterocycles. The number of benzene rings is 1. The summed E-state index contributed by atoms with van der Waals surface area (Å²) in [5, 5.41) is 10.0. The number of hydrogen-bond donors (Lipinski definition) is 1. The number of aliphatic hydroxyl groups excluding tert-OH is 1. The standard InChI is InChI=1S/C17H25NO3/c1-4-9-21-14-17(19)13-18(8-10-20-3)12-16-7-5-6-15(2)11-16/h1,5-7,11,17,19H,8-10,12-14H2,2-3H3. The molecule has 0 saturated carbocycles. The number of aryl methyl sites for hydroxylation is 1. The third kappa shape index (κ3) is 7.84. The lowest BCUT2D eigenvalue weighted by Gasteiger charge is -2.25. The van der Waals surface area contributed by atoms with Crippen molar-refractivity contribution in [3.63, 3.8) is 0 Å². The number of aliphatic hydroxyl groups is 1. The van der Waals surface area contributed by atoms with Crippen LogP contribution in [-0.4, -0.2) is 56.1 Å². The summed E-state index contributed by atoms with van der Waals surface area (Å²) in [7, 11) is 1.68. The summed E-state index contributed by atoms with van der Waals surface area (Å²) < 4.78 is 10.3. The Morgan fingerprint density at radius 3 is 2.90 bits per heavy atom. The fraction of sp³-hybridized carbons (Fsp3) is 0.529. The Kier molecular flexibility index (Phi) is 8.72. The van der Waals surface area contributed by atoms with Gasteiger partial charge in [0.2, 0.25) is 0 Å². The van der Waals surface area contributed by atoms with Crippen LogP contribution in [0.3, 0.4) is 0 Å². The van der Waals surface area contributed by atoms with Crippen molar-refractivity contribution in [1.29, 1.82) is 0 Å². The van der Waals surface area contributed by atoms with Crippen LogP contribution in [0.2, 0.25) is 0 Å². The minimum absolute atomic E-state index is 0.229. The number of nitrogens with zero attached hydrogens (tertiary/aromatic N) is 1. The van der Waals surface area contributed by atoms with Gasteiger partial charge < -0.3 is 14.6 Å². The van der Waals surface area contributed by atoms with Gasteiger partial charge in [0.25, 0.3) is 0 Å². The van der Waals surface area contributed by atoms with Crippen LogP contribution in [0, 0.1) is 19.3 Å². The van der Waals surface area contributed by atoms with E-state index < -0.39 is 6.10 Å². The molecule has 21 heavy (non-hydrogen) atoms. The van der Waals surface area contributed by atoms with Crippen LogP contribution < -0.4 is 0 Å². The van der Waals surface area contributed by atoms with Crippen molar-refractivity contribution >= 4 is 0 Å². The van der Waals surface area contributed by atoms with E-state index in [0.29, 0.717) is 13.2 Å². The van der Waals surface area contributed by atoms with Gasteiger partial charge >= 0.3 is 0 Å². The first-order valence-electron chi connectivity index (χ1n) is 7.11. The maximum atomic E-state index is 10.0. The zero-order valence-electron chi connectivity index (χ0n) is 12.9. The molecule has 0 radical (unpaired) electrons. The van der Waals surface area contributed by atoms with Crippen LogP contribution in [-0.2, 0) is 16.0 Å². The van der Waals surface area contributed by atoms with E-state index in [9.17, 15) is 5.11 Å². The predicted molar refractivity (Wildman–Crippen MR) is 84.0 cm³/mol. The molecule has 0 amide bonds. The SMILES string of the molecule is C#CCOCC(O)CN(CCOC)Cc1cccc(C)c1. The Balaban J connectivity index is 2.52. The molecule has 0 fully saturated rings. The maximum absolute atomic E-state index is 10.0. The number of ether oxygens (including phenoxy) is 2. The molecule has 116 valence electrons. The summed E-state index contributed by atoms with van der Waals surface area (Å²) in [6.45, 7) is 5.25. The van der Waals surface area contributed by atoms with Crippen LogP contribution in [0.4, 0.5) is 0 Å². The number of hydrogen-bond acceptors (Lipinski definition) is 4. The molecule has 0 aliphatic carbocycles. The van der Waals surface area contributed by atoms with Gasteiger partial charge in [0.05, 0.1) is 19.3 Å². The van der Waals surface area contributed by atoms with E-state index in [1.165, 1.54) is 11.1 Å². The molecule has 0 aliphatic heterocycles. The van der Waals surface area contributed by atoms with E-state index in [1.807, 2.05) is 6.07 Å². The van der Waals surface area contributed by atoms with Crippen LogP contribution in [0.5, 0.6) is 0 Å². The van der Waals surface area contributed by atoms with Crippen molar-refractivity contribution in [3.8, 4) is 12.3 Å². The van der Waals surface area contributed by atoms with E-state index in [1.54, 1.807) is 7.11 Å². The molecule has 1 N–H and O–H groups in total. The Bertz CT molecular complexity index is 442. The summed E-state index contributed by atoms with van der Waals surface area (Å²) in [6.07, 6.45) is 4.56. The smallest absolute Gasteiger partial charge is 0.107 e. The molecule has 1 rings (SSSR count). The van der Waals surface area contributed by atoms with Gasteiger partial charge in [0, 0.05) is 26.7 Å². The van der Waals surface area contributed by atoms with Gasteiger partial charge in [-0.25, -0.2) is 0 Å². The topological polar surface area (TPSA) is 41.9 Å². The third-order valence-electron chi connectivity index (χ3n) is 3.06. The Morgan fingerprint density at radius 2 is 2.24 bits per heavy atom. The van der Waals surface area contributed by atoms with Crippen LogP contribution >= 0.6 is 0 Å². The molecule has 4 nitrogen and oxygen atoms in total. The van der Waals surface area contributed by atoms with Gasteiger partial charge in [0.1, 0.15) is 6.61 Å². The van der Waals surface area contributed by atoms with Gasteiger partial charge in [-0.3, -0.25) is 4.90 Å². The average molecular weight is 291 g/mol. The van der Waals surface area contributed by atoms with E-state index in [-0.39, 0.29) is 13.2 Å². The molecule has 0 aliphatic rings. The highest BCUT2D eigenvalue weighted by Gasteiger charge is 2.12. The predicted octanol–water partition coefficient (Wildman–Crippen LogP) is 1.45. The Morgan fingerprint density at radius 1 is 1.43 bits per heavy atom. The first-order chi connectivity index (χ1) is 10.2. The summed E-state index contributed by atoms with van der Waals surface area (Å²) in [6, 6.07) is 8.37. The molecule has 1 unspecified atom stereocenters.